The fraction of sp³-hybridized carbons (Fsp3) is 0.340. The molecule has 0 spiro atoms. The molecule has 0 saturated carbocycles. The maximum absolute atomic E-state index is 12.8. The van der Waals surface area contributed by atoms with Crippen molar-refractivity contribution in [1.82, 2.24) is 15.1 Å². The van der Waals surface area contributed by atoms with Gasteiger partial charge < -0.3 is 24.8 Å². The second-order valence-electron chi connectivity index (χ2n) is 16.0. The fourth-order valence-electron chi connectivity index (χ4n) is 8.56. The molecule has 4 aliphatic rings. The number of halogens is 6. The Labute approximate surface area is 475 Å². The Bertz CT molecular complexity index is 2650. The van der Waals surface area contributed by atoms with Crippen LogP contribution in [0.1, 0.15) is 101 Å². The number of nitrogens with zero attached hydrogens (tertiary/aromatic N) is 3. The molecule has 6 aromatic rings. The first-order valence-corrected chi connectivity index (χ1v) is 30.2. The highest BCUT2D eigenvalue weighted by Crippen LogP contribution is 2.43. The number of hydrogen-bond donors (Lipinski definition) is 2. The van der Waals surface area contributed by atoms with Gasteiger partial charge in [0, 0.05) is 81.0 Å². The Kier molecular flexibility index (Phi) is 21.4. The van der Waals surface area contributed by atoms with Gasteiger partial charge in [-0.1, -0.05) is 93.8 Å². The fourth-order valence-corrected chi connectivity index (χ4v) is 14.0. The smallest absolute Gasteiger partial charge is 0.264 e. The number of thiophene rings is 3. The van der Waals surface area contributed by atoms with E-state index >= 15 is 0 Å². The second-order valence-corrected chi connectivity index (χ2v) is 24.3. The summed E-state index contributed by atoms with van der Waals surface area (Å²) in [6, 6.07) is 30.4. The zero-order chi connectivity index (χ0) is 49.8. The van der Waals surface area contributed by atoms with Gasteiger partial charge in [0.1, 0.15) is 0 Å². The summed E-state index contributed by atoms with van der Waals surface area (Å²) < 4.78 is 13.8. The standard InChI is InChI=1S/C19H21ClN2O2S.C15H13ClINOS.C14H11ClINOS.CH3I.CH4S/c1-21-7-6-15(13-2-4-14(20)5-3-13)16-12-17(25-18(16)19(21)23)22-8-10-24-11-9-22;1-18-7-6-11(9-2-4-10(16)5-3-9)12-8-13(17)20-14(12)15(18)19;15-9-3-1-8(2-4-9)10-5-6-17-14(18)13-11(10)7-12(16)19-13;2*1-2/h2-5,12,15H,6-11H2,1H3;2-5,8,11H,6-7H2,1H3;1-4,7,10H,5-6H2,(H,17,18);1H3;2H,1H3/i;;;;1D. The largest absolute Gasteiger partial charge is 0.378 e. The molecule has 3 aromatic carbocycles. The van der Waals surface area contributed by atoms with Crippen LogP contribution in [0.5, 0.6) is 0 Å². The molecule has 0 radical (unpaired) electrons. The van der Waals surface area contributed by atoms with Crippen molar-refractivity contribution in [3.05, 3.63) is 160 Å². The van der Waals surface area contributed by atoms with E-state index in [4.69, 9.17) is 40.9 Å². The molecule has 1 N–H and O–H groups in total. The summed E-state index contributed by atoms with van der Waals surface area (Å²) in [5.74, 6) is 1.11. The number of benzene rings is 3. The van der Waals surface area contributed by atoms with Gasteiger partial charge in [0.25, 0.3) is 17.7 Å². The molecule has 3 amide bonds. The van der Waals surface area contributed by atoms with Gasteiger partial charge in [-0.2, -0.15) is 12.6 Å². The summed E-state index contributed by atoms with van der Waals surface area (Å²) in [5.41, 5.74) is 7.13. The maximum atomic E-state index is 12.8. The van der Waals surface area contributed by atoms with Gasteiger partial charge in [0.05, 0.1) is 38.6 Å². The van der Waals surface area contributed by atoms with Crippen molar-refractivity contribution in [2.24, 2.45) is 0 Å². The number of carbonyl (C=O) groups is 3. The molecule has 3 unspecified atom stereocenters. The summed E-state index contributed by atoms with van der Waals surface area (Å²) in [5, 5.41) is 6.37. The molecule has 68 heavy (non-hydrogen) atoms. The SMILES string of the molecule is CI.CN1CCC(c2ccc(Cl)cc2)c2cc(I)sc2C1=O.CN1CCC(c2ccc(Cl)cc2)c2cc(N3CCOCC3)sc2C1=O.O=C1NCCC(c2ccc(Cl)cc2)c2cc(I)sc21.[2H]CS. The van der Waals surface area contributed by atoms with Gasteiger partial charge in [-0.15, -0.1) is 34.0 Å². The van der Waals surface area contributed by atoms with Crippen LogP contribution in [0.4, 0.5) is 5.00 Å². The molecule has 362 valence electrons. The van der Waals surface area contributed by atoms with E-state index in [2.05, 4.69) is 145 Å². The van der Waals surface area contributed by atoms with Crippen LogP contribution in [-0.4, -0.2) is 98.7 Å². The molecule has 0 aliphatic carbocycles. The maximum Gasteiger partial charge on any atom is 0.264 e. The number of fused-ring (bicyclic) bond motifs is 3. The highest BCUT2D eigenvalue weighted by atomic mass is 127. The molecule has 10 rings (SSSR count). The van der Waals surface area contributed by atoms with Crippen LogP contribution in [0.3, 0.4) is 0 Å². The summed E-state index contributed by atoms with van der Waals surface area (Å²) in [6.45, 7) is 5.52. The number of thiol groups is 1. The number of hydrogen-bond acceptors (Lipinski definition) is 9. The van der Waals surface area contributed by atoms with Crippen LogP contribution in [0.25, 0.3) is 0 Å². The van der Waals surface area contributed by atoms with Crippen molar-refractivity contribution in [3.8, 4) is 0 Å². The van der Waals surface area contributed by atoms with Gasteiger partial charge in [-0.3, -0.25) is 14.4 Å². The summed E-state index contributed by atoms with van der Waals surface area (Å²) in [6.07, 6.45) is 2.99. The predicted molar refractivity (Wildman–Crippen MR) is 316 cm³/mol. The summed E-state index contributed by atoms with van der Waals surface area (Å²) in [7, 11) is 3.77. The molecular weight excluding hydrogens is 1340 g/mol. The van der Waals surface area contributed by atoms with Crippen molar-refractivity contribution < 1.29 is 20.5 Å². The van der Waals surface area contributed by atoms with Crippen molar-refractivity contribution in [2.75, 3.05) is 76.1 Å². The van der Waals surface area contributed by atoms with E-state index in [1.165, 1.54) is 21.7 Å². The molecule has 1 fully saturated rings. The highest BCUT2D eigenvalue weighted by Gasteiger charge is 2.32. The lowest BCUT2D eigenvalue weighted by Crippen LogP contribution is -2.35. The van der Waals surface area contributed by atoms with E-state index in [-0.39, 0.29) is 41.7 Å². The Hall–Kier alpha value is -1.66. The van der Waals surface area contributed by atoms with Crippen LogP contribution in [0, 0.1) is 5.77 Å². The van der Waals surface area contributed by atoms with Gasteiger partial charge in [0.2, 0.25) is 0 Å². The van der Waals surface area contributed by atoms with E-state index < -0.39 is 0 Å². The van der Waals surface area contributed by atoms with Gasteiger partial charge in [0.15, 0.2) is 0 Å². The lowest BCUT2D eigenvalue weighted by molar-refractivity contribution is 0.0796. The molecule has 18 heteroatoms. The first-order chi connectivity index (χ1) is 33.3. The number of anilines is 1. The van der Waals surface area contributed by atoms with Crippen molar-refractivity contribution in [2.45, 2.75) is 37.0 Å². The molecule has 4 aliphatic heterocycles. The normalized spacial score (nSPS) is 18.9. The van der Waals surface area contributed by atoms with E-state index in [0.717, 1.165) is 111 Å². The number of rotatable bonds is 4. The number of morpholine rings is 1. The molecule has 3 aromatic heterocycles. The van der Waals surface area contributed by atoms with Gasteiger partial charge in [-0.25, -0.2) is 0 Å². The Morgan fingerprint density at radius 2 is 1.00 bits per heavy atom. The predicted octanol–water partition coefficient (Wildman–Crippen LogP) is 14.3. The summed E-state index contributed by atoms with van der Waals surface area (Å²) in [4.78, 5) is 47.8. The first-order valence-electron chi connectivity index (χ1n) is 22.3. The monoisotopic (exact) mass is 1390 g/mol. The number of alkyl halides is 1. The molecule has 3 atom stereocenters. The number of amides is 3. The van der Waals surface area contributed by atoms with Crippen LogP contribution in [0.15, 0.2) is 91.0 Å². The van der Waals surface area contributed by atoms with Gasteiger partial charge >= 0.3 is 0 Å². The highest BCUT2D eigenvalue weighted by molar-refractivity contribution is 14.1. The summed E-state index contributed by atoms with van der Waals surface area (Å²) >= 11 is 32.9. The van der Waals surface area contributed by atoms with E-state index in [0.29, 0.717) is 6.54 Å². The second kappa shape index (κ2) is 26.9. The molecule has 1 saturated heterocycles. The third-order valence-electron chi connectivity index (χ3n) is 12.0. The van der Waals surface area contributed by atoms with E-state index in [9.17, 15) is 14.4 Å². The minimum atomic E-state index is 0.0550. The Morgan fingerprint density at radius 1 is 0.618 bits per heavy atom. The minimum absolute atomic E-state index is 0.0550. The molecule has 7 heterocycles. The topological polar surface area (TPSA) is 82.2 Å². The third-order valence-corrected chi connectivity index (χ3v) is 17.8. The van der Waals surface area contributed by atoms with Crippen molar-refractivity contribution in [3.63, 3.8) is 0 Å². The van der Waals surface area contributed by atoms with E-state index in [1.54, 1.807) is 34.0 Å². The van der Waals surface area contributed by atoms with E-state index in [1.807, 2.05) is 65.2 Å². The average molecular weight is 1390 g/mol. The van der Waals surface area contributed by atoms with Crippen LogP contribution < -0.4 is 10.2 Å². The zero-order valence-corrected chi connectivity index (χ0v) is 49.7. The molecule has 0 bridgehead atoms. The van der Waals surface area contributed by atoms with Gasteiger partial charge in [-0.05, 0) is 164 Å². The zero-order valence-electron chi connectivity index (χ0n) is 38.6. The number of carbonyl (C=O) groups excluding carboxylic acids is 3. The van der Waals surface area contributed by atoms with Crippen LogP contribution >= 0.6 is 149 Å². The first kappa shape index (κ1) is 54.1. The Morgan fingerprint density at radius 3 is 1.46 bits per heavy atom. The average Bonchev–Trinajstić information content (AvgIpc) is 4.03. The Balaban J connectivity index is 0.000000164. The molecular formula is C50H52Cl3I3N4O4S4. The van der Waals surface area contributed by atoms with Crippen molar-refractivity contribution >= 4 is 172 Å². The van der Waals surface area contributed by atoms with Crippen LogP contribution in [0.2, 0.25) is 15.1 Å². The van der Waals surface area contributed by atoms with Crippen LogP contribution in [-0.2, 0) is 4.74 Å². The number of ether oxygens (including phenoxy) is 1. The lowest BCUT2D eigenvalue weighted by atomic mass is 9.89. The molecule has 8 nitrogen and oxygen atoms in total. The third kappa shape index (κ3) is 13.9. The minimum Gasteiger partial charge on any atom is -0.378 e. The quantitative estimate of drug-likeness (QED) is 0.104. The van der Waals surface area contributed by atoms with Crippen molar-refractivity contribution in [1.29, 1.82) is 0 Å². The lowest BCUT2D eigenvalue weighted by Gasteiger charge is -2.27. The number of nitrogens with one attached hydrogen (secondary N) is 1.